The average Bonchev–Trinajstić information content (AvgIpc) is 2.33. The highest BCUT2D eigenvalue weighted by molar-refractivity contribution is 5.92. The molecular formula is C13H22N4O2. The number of ether oxygens (including phenoxy) is 1. The molecule has 1 aromatic rings. The molecule has 0 spiro atoms. The number of rotatable bonds is 6. The fraction of sp³-hybridized carbons (Fsp3) is 0.615. The van der Waals surface area contributed by atoms with E-state index in [1.54, 1.807) is 13.3 Å². The molecule has 0 bridgehead atoms. The number of carbonyl (C=O) groups excluding carboxylic acids is 1. The topological polar surface area (TPSA) is 76.1 Å². The van der Waals surface area contributed by atoms with E-state index in [1.807, 2.05) is 20.8 Å². The normalized spacial score (nSPS) is 11.2. The van der Waals surface area contributed by atoms with E-state index in [0.717, 1.165) is 13.0 Å². The van der Waals surface area contributed by atoms with Gasteiger partial charge in [0.05, 0.1) is 12.4 Å². The Balaban J connectivity index is 2.49. The lowest BCUT2D eigenvalue weighted by Crippen LogP contribution is -2.41. The van der Waals surface area contributed by atoms with E-state index in [2.05, 4.69) is 20.6 Å². The van der Waals surface area contributed by atoms with Crippen molar-refractivity contribution in [1.29, 1.82) is 0 Å². The minimum atomic E-state index is -0.282. The first-order chi connectivity index (χ1) is 8.92. The smallest absolute Gasteiger partial charge is 0.271 e. The van der Waals surface area contributed by atoms with Crippen molar-refractivity contribution in [1.82, 2.24) is 15.3 Å². The van der Waals surface area contributed by atoms with E-state index < -0.39 is 0 Å². The number of anilines is 1. The Kier molecular flexibility index (Phi) is 5.69. The molecule has 1 amide bonds. The predicted molar refractivity (Wildman–Crippen MR) is 74.2 cm³/mol. The van der Waals surface area contributed by atoms with Crippen molar-refractivity contribution in [2.75, 3.05) is 25.6 Å². The molecule has 1 heterocycles. The third kappa shape index (κ3) is 6.15. The second-order valence-corrected chi connectivity index (χ2v) is 5.26. The number of nitrogens with one attached hydrogen (secondary N) is 2. The van der Waals surface area contributed by atoms with Gasteiger partial charge in [0.2, 0.25) is 0 Å². The van der Waals surface area contributed by atoms with Crippen molar-refractivity contribution in [3.05, 3.63) is 18.1 Å². The van der Waals surface area contributed by atoms with Gasteiger partial charge in [-0.15, -0.1) is 0 Å². The van der Waals surface area contributed by atoms with Crippen LogP contribution in [0.5, 0.6) is 0 Å². The van der Waals surface area contributed by atoms with Crippen molar-refractivity contribution in [3.8, 4) is 0 Å². The second kappa shape index (κ2) is 7.04. The zero-order chi connectivity index (χ0) is 14.3. The Morgan fingerprint density at radius 1 is 1.32 bits per heavy atom. The van der Waals surface area contributed by atoms with Crippen molar-refractivity contribution in [2.24, 2.45) is 0 Å². The molecule has 0 atom stereocenters. The van der Waals surface area contributed by atoms with Gasteiger partial charge < -0.3 is 15.4 Å². The van der Waals surface area contributed by atoms with Crippen LogP contribution in [-0.4, -0.2) is 41.7 Å². The molecule has 0 aliphatic carbocycles. The van der Waals surface area contributed by atoms with Gasteiger partial charge >= 0.3 is 0 Å². The molecule has 0 aliphatic heterocycles. The lowest BCUT2D eigenvalue weighted by molar-refractivity contribution is 0.0914. The summed E-state index contributed by atoms with van der Waals surface area (Å²) >= 11 is 0. The summed E-state index contributed by atoms with van der Waals surface area (Å²) in [4.78, 5) is 20.1. The van der Waals surface area contributed by atoms with E-state index in [-0.39, 0.29) is 11.4 Å². The van der Waals surface area contributed by atoms with E-state index in [1.165, 1.54) is 6.20 Å². The van der Waals surface area contributed by atoms with Gasteiger partial charge in [0.25, 0.3) is 5.91 Å². The third-order valence-electron chi connectivity index (χ3n) is 2.20. The van der Waals surface area contributed by atoms with Gasteiger partial charge in [-0.3, -0.25) is 4.79 Å². The summed E-state index contributed by atoms with van der Waals surface area (Å²) < 4.78 is 4.95. The van der Waals surface area contributed by atoms with Crippen LogP contribution in [0.1, 0.15) is 37.7 Å². The highest BCUT2D eigenvalue weighted by atomic mass is 16.5. The lowest BCUT2D eigenvalue weighted by atomic mass is 10.1. The number of hydrogen-bond acceptors (Lipinski definition) is 5. The molecule has 0 unspecified atom stereocenters. The molecule has 1 aromatic heterocycles. The lowest BCUT2D eigenvalue weighted by Gasteiger charge is -2.19. The summed E-state index contributed by atoms with van der Waals surface area (Å²) in [6, 6.07) is 0. The zero-order valence-corrected chi connectivity index (χ0v) is 12.0. The van der Waals surface area contributed by atoms with E-state index in [0.29, 0.717) is 18.1 Å². The summed E-state index contributed by atoms with van der Waals surface area (Å²) in [5.74, 6) is 0.439. The Morgan fingerprint density at radius 3 is 2.58 bits per heavy atom. The molecule has 6 nitrogen and oxygen atoms in total. The van der Waals surface area contributed by atoms with Gasteiger partial charge in [0, 0.05) is 25.8 Å². The van der Waals surface area contributed by atoms with Crippen molar-refractivity contribution in [3.63, 3.8) is 0 Å². The number of carbonyl (C=O) groups is 1. The van der Waals surface area contributed by atoms with E-state index >= 15 is 0 Å². The largest absolute Gasteiger partial charge is 0.385 e. The molecule has 0 aliphatic rings. The maximum Gasteiger partial charge on any atom is 0.271 e. The number of amides is 1. The summed E-state index contributed by atoms with van der Waals surface area (Å²) in [5, 5.41) is 5.94. The standard InChI is InChI=1S/C13H22N4O2/c1-13(2,3)17-12(18)10-8-16-11(9-15-10)14-6-5-7-19-4/h8-9H,5-7H2,1-4H3,(H,14,16)(H,17,18). The quantitative estimate of drug-likeness (QED) is 0.762. The SMILES string of the molecule is COCCCNc1cnc(C(=O)NC(C)(C)C)cn1. The minimum absolute atomic E-state index is 0.217. The van der Waals surface area contributed by atoms with Crippen LogP contribution < -0.4 is 10.6 Å². The molecule has 0 saturated heterocycles. The molecule has 2 N–H and O–H groups in total. The fourth-order valence-corrected chi connectivity index (χ4v) is 1.37. The molecular weight excluding hydrogens is 244 g/mol. The number of nitrogens with zero attached hydrogens (tertiary/aromatic N) is 2. The third-order valence-corrected chi connectivity index (χ3v) is 2.20. The fourth-order valence-electron chi connectivity index (χ4n) is 1.37. The van der Waals surface area contributed by atoms with Crippen LogP contribution in [0.15, 0.2) is 12.4 Å². The Hall–Kier alpha value is -1.69. The predicted octanol–water partition coefficient (Wildman–Crippen LogP) is 1.45. The van der Waals surface area contributed by atoms with Crippen LogP contribution in [-0.2, 0) is 4.74 Å². The Labute approximate surface area is 114 Å². The van der Waals surface area contributed by atoms with Crippen molar-refractivity contribution in [2.45, 2.75) is 32.7 Å². The number of hydrogen-bond donors (Lipinski definition) is 2. The second-order valence-electron chi connectivity index (χ2n) is 5.26. The maximum atomic E-state index is 11.8. The summed E-state index contributed by atoms with van der Waals surface area (Å²) in [7, 11) is 1.67. The number of methoxy groups -OCH3 is 1. The van der Waals surface area contributed by atoms with Crippen molar-refractivity contribution < 1.29 is 9.53 Å². The maximum absolute atomic E-state index is 11.8. The molecule has 0 fully saturated rings. The molecule has 0 aromatic carbocycles. The first kappa shape index (κ1) is 15.4. The molecule has 106 valence electrons. The highest BCUT2D eigenvalue weighted by Gasteiger charge is 2.16. The van der Waals surface area contributed by atoms with Crippen LogP contribution in [0.3, 0.4) is 0 Å². The van der Waals surface area contributed by atoms with Gasteiger partial charge in [0.1, 0.15) is 11.5 Å². The molecule has 6 heteroatoms. The van der Waals surface area contributed by atoms with Crippen LogP contribution in [0.25, 0.3) is 0 Å². The Morgan fingerprint density at radius 2 is 2.05 bits per heavy atom. The highest BCUT2D eigenvalue weighted by Crippen LogP contribution is 2.04. The van der Waals surface area contributed by atoms with Crippen molar-refractivity contribution >= 4 is 11.7 Å². The summed E-state index contributed by atoms with van der Waals surface area (Å²) in [6.07, 6.45) is 3.93. The van der Waals surface area contributed by atoms with Crippen LogP contribution in [0.4, 0.5) is 5.82 Å². The Bertz CT molecular complexity index is 398. The minimum Gasteiger partial charge on any atom is -0.385 e. The van der Waals surface area contributed by atoms with Crippen LogP contribution in [0.2, 0.25) is 0 Å². The van der Waals surface area contributed by atoms with Gasteiger partial charge in [-0.05, 0) is 27.2 Å². The van der Waals surface area contributed by atoms with Gasteiger partial charge in [-0.1, -0.05) is 0 Å². The van der Waals surface area contributed by atoms with E-state index in [9.17, 15) is 4.79 Å². The monoisotopic (exact) mass is 266 g/mol. The van der Waals surface area contributed by atoms with Gasteiger partial charge in [-0.2, -0.15) is 0 Å². The summed E-state index contributed by atoms with van der Waals surface area (Å²) in [5.41, 5.74) is 0.0351. The molecule has 0 radical (unpaired) electrons. The summed E-state index contributed by atoms with van der Waals surface area (Å²) in [6.45, 7) is 7.22. The van der Waals surface area contributed by atoms with Gasteiger partial charge in [-0.25, -0.2) is 9.97 Å². The zero-order valence-electron chi connectivity index (χ0n) is 12.0. The molecule has 19 heavy (non-hydrogen) atoms. The average molecular weight is 266 g/mol. The molecule has 0 saturated carbocycles. The molecule has 1 rings (SSSR count). The van der Waals surface area contributed by atoms with Gasteiger partial charge in [0.15, 0.2) is 0 Å². The van der Waals surface area contributed by atoms with Crippen LogP contribution >= 0.6 is 0 Å². The van der Waals surface area contributed by atoms with E-state index in [4.69, 9.17) is 4.74 Å². The first-order valence-corrected chi connectivity index (χ1v) is 6.30. The first-order valence-electron chi connectivity index (χ1n) is 6.30. The number of aromatic nitrogens is 2. The van der Waals surface area contributed by atoms with Crippen LogP contribution in [0, 0.1) is 0 Å².